The third-order valence-electron chi connectivity index (χ3n) is 1.78. The molecule has 0 aromatic carbocycles. The highest BCUT2D eigenvalue weighted by Crippen LogP contribution is 2.07. The lowest BCUT2D eigenvalue weighted by Crippen LogP contribution is -2.19. The molecule has 2 aromatic rings. The van der Waals surface area contributed by atoms with E-state index in [9.17, 15) is 4.79 Å². The van der Waals surface area contributed by atoms with Crippen LogP contribution in [0.1, 0.15) is 0 Å². The van der Waals surface area contributed by atoms with Gasteiger partial charge in [-0.2, -0.15) is 0 Å². The molecule has 5 heteroatoms. The molecule has 0 unspecified atom stereocenters. The SMILES string of the molecule is Cn1c(=O)c(Cl)nc2cccnc21. The van der Waals surface area contributed by atoms with Gasteiger partial charge in [0, 0.05) is 13.2 Å². The molecule has 0 amide bonds. The summed E-state index contributed by atoms with van der Waals surface area (Å²) in [6.07, 6.45) is 1.61. The standard InChI is InChI=1S/C8H6ClN3O/c1-12-7-5(3-2-4-10-7)11-6(9)8(12)13/h2-4H,1H3. The maximum absolute atomic E-state index is 11.3. The Hall–Kier alpha value is -1.42. The summed E-state index contributed by atoms with van der Waals surface area (Å²) in [4.78, 5) is 19.2. The summed E-state index contributed by atoms with van der Waals surface area (Å²) in [5.41, 5.74) is 0.833. The van der Waals surface area contributed by atoms with Crippen molar-refractivity contribution in [2.24, 2.45) is 7.05 Å². The lowest BCUT2D eigenvalue weighted by atomic mass is 10.4. The molecule has 0 aliphatic rings. The van der Waals surface area contributed by atoms with Crippen LogP contribution in [0.4, 0.5) is 0 Å². The highest BCUT2D eigenvalue weighted by molar-refractivity contribution is 6.29. The van der Waals surface area contributed by atoms with E-state index in [4.69, 9.17) is 11.6 Å². The Bertz CT molecular complexity index is 520. The molecule has 4 nitrogen and oxygen atoms in total. The first-order valence-corrected chi connectivity index (χ1v) is 4.05. The molecule has 2 aromatic heterocycles. The van der Waals surface area contributed by atoms with Gasteiger partial charge in [0.2, 0.25) is 0 Å². The van der Waals surface area contributed by atoms with Crippen molar-refractivity contribution in [3.63, 3.8) is 0 Å². The average molecular weight is 196 g/mol. The summed E-state index contributed by atoms with van der Waals surface area (Å²) in [5, 5.41) is -0.0250. The first kappa shape index (κ1) is 8.19. The van der Waals surface area contributed by atoms with Crippen LogP contribution in [0.2, 0.25) is 5.15 Å². The van der Waals surface area contributed by atoms with E-state index < -0.39 is 0 Å². The monoisotopic (exact) mass is 195 g/mol. The topological polar surface area (TPSA) is 47.8 Å². The molecule has 0 radical (unpaired) electrons. The van der Waals surface area contributed by atoms with Gasteiger partial charge in [-0.1, -0.05) is 11.6 Å². The molecule has 0 fully saturated rings. The largest absolute Gasteiger partial charge is 0.292 e. The summed E-state index contributed by atoms with van der Waals surface area (Å²) < 4.78 is 1.38. The van der Waals surface area contributed by atoms with Crippen molar-refractivity contribution in [3.05, 3.63) is 33.8 Å². The number of hydrogen-bond donors (Lipinski definition) is 0. The number of fused-ring (bicyclic) bond motifs is 1. The fourth-order valence-electron chi connectivity index (χ4n) is 1.12. The van der Waals surface area contributed by atoms with Crippen molar-refractivity contribution < 1.29 is 0 Å². The van der Waals surface area contributed by atoms with Gasteiger partial charge >= 0.3 is 0 Å². The molecule has 13 heavy (non-hydrogen) atoms. The van der Waals surface area contributed by atoms with Crippen LogP contribution in [0.5, 0.6) is 0 Å². The van der Waals surface area contributed by atoms with E-state index in [-0.39, 0.29) is 10.7 Å². The molecule has 66 valence electrons. The van der Waals surface area contributed by atoms with E-state index in [0.29, 0.717) is 11.2 Å². The normalized spacial score (nSPS) is 10.6. The zero-order valence-corrected chi connectivity index (χ0v) is 7.62. The quantitative estimate of drug-likeness (QED) is 0.630. The fraction of sp³-hybridized carbons (Fsp3) is 0.125. The third kappa shape index (κ3) is 1.19. The molecule has 0 bridgehead atoms. The van der Waals surface area contributed by atoms with E-state index in [1.807, 2.05) is 0 Å². The van der Waals surface area contributed by atoms with E-state index in [1.54, 1.807) is 25.4 Å². The van der Waals surface area contributed by atoms with Gasteiger partial charge in [-0.05, 0) is 12.1 Å². The summed E-state index contributed by atoms with van der Waals surface area (Å²) in [7, 11) is 1.62. The van der Waals surface area contributed by atoms with Crippen LogP contribution in [0.3, 0.4) is 0 Å². The van der Waals surface area contributed by atoms with Gasteiger partial charge in [0.1, 0.15) is 5.52 Å². The summed E-state index contributed by atoms with van der Waals surface area (Å²) >= 11 is 5.62. The minimum Gasteiger partial charge on any atom is -0.292 e. The lowest BCUT2D eigenvalue weighted by Gasteiger charge is -2.01. The summed E-state index contributed by atoms with van der Waals surface area (Å²) in [5.74, 6) is 0. The van der Waals surface area contributed by atoms with Crippen LogP contribution < -0.4 is 5.56 Å². The van der Waals surface area contributed by atoms with Crippen LogP contribution >= 0.6 is 11.6 Å². The van der Waals surface area contributed by atoms with Crippen LogP contribution in [0.25, 0.3) is 11.2 Å². The first-order chi connectivity index (χ1) is 6.20. The van der Waals surface area contributed by atoms with Crippen molar-refractivity contribution in [2.45, 2.75) is 0 Å². The molecular weight excluding hydrogens is 190 g/mol. The number of hydrogen-bond acceptors (Lipinski definition) is 3. The van der Waals surface area contributed by atoms with Gasteiger partial charge in [-0.3, -0.25) is 9.36 Å². The second-order valence-corrected chi connectivity index (χ2v) is 2.97. The molecule has 0 spiro atoms. The van der Waals surface area contributed by atoms with Crippen molar-refractivity contribution >= 4 is 22.8 Å². The number of rotatable bonds is 0. The Morgan fingerprint density at radius 2 is 2.31 bits per heavy atom. The zero-order chi connectivity index (χ0) is 9.42. The highest BCUT2D eigenvalue weighted by Gasteiger charge is 2.05. The number of pyridine rings is 1. The van der Waals surface area contributed by atoms with Crippen LogP contribution in [-0.4, -0.2) is 14.5 Å². The number of nitrogens with zero attached hydrogens (tertiary/aromatic N) is 3. The predicted molar refractivity (Wildman–Crippen MR) is 49.8 cm³/mol. The minimum atomic E-state index is -0.326. The van der Waals surface area contributed by atoms with Crippen LogP contribution in [0, 0.1) is 0 Å². The molecular formula is C8H6ClN3O. The van der Waals surface area contributed by atoms with Gasteiger partial charge in [0.25, 0.3) is 5.56 Å². The molecule has 0 saturated heterocycles. The van der Waals surface area contributed by atoms with Crippen molar-refractivity contribution in [1.82, 2.24) is 14.5 Å². The second-order valence-electron chi connectivity index (χ2n) is 2.61. The number of aryl methyl sites for hydroxylation is 1. The van der Waals surface area contributed by atoms with E-state index in [2.05, 4.69) is 9.97 Å². The molecule has 0 aliphatic carbocycles. The number of aromatic nitrogens is 3. The summed E-state index contributed by atoms with van der Waals surface area (Å²) in [6, 6.07) is 3.50. The predicted octanol–water partition coefficient (Wildman–Crippen LogP) is 0.982. The Balaban J connectivity index is 3.02. The van der Waals surface area contributed by atoms with Gasteiger partial charge in [-0.15, -0.1) is 0 Å². The zero-order valence-electron chi connectivity index (χ0n) is 6.86. The third-order valence-corrected chi connectivity index (χ3v) is 2.03. The van der Waals surface area contributed by atoms with Gasteiger partial charge in [0.05, 0.1) is 0 Å². The Morgan fingerprint density at radius 1 is 1.54 bits per heavy atom. The van der Waals surface area contributed by atoms with E-state index in [0.717, 1.165) is 0 Å². The maximum atomic E-state index is 11.3. The van der Waals surface area contributed by atoms with Crippen LogP contribution in [0.15, 0.2) is 23.1 Å². The molecule has 0 atom stereocenters. The maximum Gasteiger partial charge on any atom is 0.289 e. The lowest BCUT2D eigenvalue weighted by molar-refractivity contribution is 0.874. The van der Waals surface area contributed by atoms with Gasteiger partial charge in [-0.25, -0.2) is 9.97 Å². The highest BCUT2D eigenvalue weighted by atomic mass is 35.5. The average Bonchev–Trinajstić information content (AvgIpc) is 2.15. The minimum absolute atomic E-state index is 0.0250. The van der Waals surface area contributed by atoms with Crippen molar-refractivity contribution in [3.8, 4) is 0 Å². The second kappa shape index (κ2) is 2.81. The Labute approximate surface area is 78.8 Å². The molecule has 0 saturated carbocycles. The van der Waals surface area contributed by atoms with E-state index >= 15 is 0 Å². The van der Waals surface area contributed by atoms with Crippen molar-refractivity contribution in [2.75, 3.05) is 0 Å². The molecule has 0 aliphatic heterocycles. The smallest absolute Gasteiger partial charge is 0.289 e. The van der Waals surface area contributed by atoms with Gasteiger partial charge in [0.15, 0.2) is 10.8 Å². The van der Waals surface area contributed by atoms with E-state index in [1.165, 1.54) is 4.57 Å². The molecule has 0 N–H and O–H groups in total. The summed E-state index contributed by atoms with van der Waals surface area (Å²) in [6.45, 7) is 0. The molecule has 2 rings (SSSR count). The Morgan fingerprint density at radius 3 is 3.08 bits per heavy atom. The molecule has 2 heterocycles. The fourth-order valence-corrected chi connectivity index (χ4v) is 1.34. The first-order valence-electron chi connectivity index (χ1n) is 3.67. The van der Waals surface area contributed by atoms with Gasteiger partial charge < -0.3 is 0 Å². The van der Waals surface area contributed by atoms with Crippen LogP contribution in [-0.2, 0) is 7.05 Å². The van der Waals surface area contributed by atoms with Crippen molar-refractivity contribution in [1.29, 1.82) is 0 Å². The number of halogens is 1. The Kier molecular flexibility index (Phi) is 1.77.